The molecule has 98 valence electrons. The number of amides is 1. The molecule has 0 unspecified atom stereocenters. The van der Waals surface area contributed by atoms with Crippen molar-refractivity contribution >= 4 is 5.91 Å². The van der Waals surface area contributed by atoms with E-state index >= 15 is 0 Å². The number of ether oxygens (including phenoxy) is 1. The van der Waals surface area contributed by atoms with Crippen LogP contribution in [0, 0.1) is 0 Å². The lowest BCUT2D eigenvalue weighted by molar-refractivity contribution is -0.128. The number of carbonyl (C=O) groups excluding carboxylic acids is 1. The van der Waals surface area contributed by atoms with Gasteiger partial charge >= 0.3 is 0 Å². The van der Waals surface area contributed by atoms with Crippen molar-refractivity contribution in [2.45, 2.75) is 44.8 Å². The quantitative estimate of drug-likeness (QED) is 0.869. The number of nitrogens with zero attached hydrogens (tertiary/aromatic N) is 1. The van der Waals surface area contributed by atoms with Gasteiger partial charge in [0.05, 0.1) is 17.8 Å². The molecule has 0 spiro atoms. The Morgan fingerprint density at radius 2 is 2.28 bits per heavy atom. The summed E-state index contributed by atoms with van der Waals surface area (Å²) in [7, 11) is 0. The van der Waals surface area contributed by atoms with Crippen LogP contribution in [0.3, 0.4) is 0 Å². The third kappa shape index (κ3) is 3.81. The van der Waals surface area contributed by atoms with Gasteiger partial charge in [0, 0.05) is 6.20 Å². The Labute approximate surface area is 108 Å². The molecule has 1 saturated carbocycles. The summed E-state index contributed by atoms with van der Waals surface area (Å²) in [5.74, 6) is -0.0694. The van der Waals surface area contributed by atoms with Gasteiger partial charge in [-0.2, -0.15) is 0 Å². The van der Waals surface area contributed by atoms with Gasteiger partial charge in [0.15, 0.2) is 0 Å². The van der Waals surface area contributed by atoms with Crippen LogP contribution in [0.2, 0.25) is 0 Å². The van der Waals surface area contributed by atoms with Crippen LogP contribution in [0.4, 0.5) is 0 Å². The van der Waals surface area contributed by atoms with Crippen molar-refractivity contribution in [3.8, 4) is 0 Å². The van der Waals surface area contributed by atoms with Gasteiger partial charge in [-0.25, -0.2) is 0 Å². The van der Waals surface area contributed by atoms with Gasteiger partial charge in [-0.05, 0) is 31.9 Å². The number of hydrogen-bond acceptors (Lipinski definition) is 3. The Morgan fingerprint density at radius 3 is 2.94 bits per heavy atom. The summed E-state index contributed by atoms with van der Waals surface area (Å²) in [5, 5.41) is 2.89. The van der Waals surface area contributed by atoms with Crippen LogP contribution in [0.15, 0.2) is 24.4 Å². The predicted molar refractivity (Wildman–Crippen MR) is 69.0 cm³/mol. The standard InChI is InChI=1S/C14H20N2O2/c1-11(13-8-4-5-9-15-13)16-14(17)10-18-12-6-2-3-7-12/h4-5,8-9,11-12H,2-3,6-7,10H2,1H3,(H,16,17)/t11-/m0/s1. The minimum Gasteiger partial charge on any atom is -0.368 e. The molecule has 1 atom stereocenters. The summed E-state index contributed by atoms with van der Waals surface area (Å²) in [6.45, 7) is 2.08. The maximum Gasteiger partial charge on any atom is 0.246 e. The third-order valence-corrected chi connectivity index (χ3v) is 3.26. The summed E-state index contributed by atoms with van der Waals surface area (Å²) in [4.78, 5) is 15.9. The molecular weight excluding hydrogens is 228 g/mol. The maximum atomic E-state index is 11.7. The molecule has 0 aliphatic heterocycles. The maximum absolute atomic E-state index is 11.7. The monoisotopic (exact) mass is 248 g/mol. The highest BCUT2D eigenvalue weighted by atomic mass is 16.5. The smallest absolute Gasteiger partial charge is 0.246 e. The van der Waals surface area contributed by atoms with Gasteiger partial charge in [-0.1, -0.05) is 18.9 Å². The second-order valence-electron chi connectivity index (χ2n) is 4.76. The first-order chi connectivity index (χ1) is 8.75. The fourth-order valence-corrected chi connectivity index (χ4v) is 2.24. The molecule has 0 radical (unpaired) electrons. The van der Waals surface area contributed by atoms with Crippen molar-refractivity contribution in [1.82, 2.24) is 10.3 Å². The third-order valence-electron chi connectivity index (χ3n) is 3.26. The van der Waals surface area contributed by atoms with Gasteiger partial charge in [0.1, 0.15) is 6.61 Å². The molecule has 1 aliphatic carbocycles. The van der Waals surface area contributed by atoms with Crippen LogP contribution in [-0.4, -0.2) is 23.6 Å². The highest BCUT2D eigenvalue weighted by Crippen LogP contribution is 2.20. The molecule has 1 N–H and O–H groups in total. The topological polar surface area (TPSA) is 51.2 Å². The van der Waals surface area contributed by atoms with Crippen LogP contribution in [0.1, 0.15) is 44.3 Å². The highest BCUT2D eigenvalue weighted by molar-refractivity contribution is 5.77. The van der Waals surface area contributed by atoms with E-state index in [-0.39, 0.29) is 24.7 Å². The number of nitrogens with one attached hydrogen (secondary N) is 1. The largest absolute Gasteiger partial charge is 0.368 e. The van der Waals surface area contributed by atoms with Crippen molar-refractivity contribution < 1.29 is 9.53 Å². The molecule has 1 heterocycles. The van der Waals surface area contributed by atoms with Crippen molar-refractivity contribution in [1.29, 1.82) is 0 Å². The zero-order chi connectivity index (χ0) is 12.8. The van der Waals surface area contributed by atoms with E-state index in [4.69, 9.17) is 4.74 Å². The normalized spacial score (nSPS) is 17.6. The molecule has 18 heavy (non-hydrogen) atoms. The number of carbonyl (C=O) groups is 1. The Hall–Kier alpha value is -1.42. The zero-order valence-electron chi connectivity index (χ0n) is 10.8. The highest BCUT2D eigenvalue weighted by Gasteiger charge is 2.17. The van der Waals surface area contributed by atoms with E-state index in [0.29, 0.717) is 0 Å². The summed E-state index contributed by atoms with van der Waals surface area (Å²) in [6, 6.07) is 5.61. The zero-order valence-corrected chi connectivity index (χ0v) is 10.8. The minimum atomic E-state index is -0.0779. The van der Waals surface area contributed by atoms with Gasteiger partial charge in [-0.3, -0.25) is 9.78 Å². The van der Waals surface area contributed by atoms with Crippen LogP contribution in [0.5, 0.6) is 0 Å². The molecule has 2 rings (SSSR count). The molecule has 4 heteroatoms. The predicted octanol–water partition coefficient (Wildman–Crippen LogP) is 2.22. The van der Waals surface area contributed by atoms with Gasteiger partial charge in [-0.15, -0.1) is 0 Å². The lowest BCUT2D eigenvalue weighted by Gasteiger charge is -2.15. The van der Waals surface area contributed by atoms with E-state index in [1.54, 1.807) is 6.20 Å². The molecular formula is C14H20N2O2. The average Bonchev–Trinajstić information content (AvgIpc) is 2.90. The first-order valence-electron chi connectivity index (χ1n) is 6.57. The molecule has 0 bridgehead atoms. The molecule has 1 aromatic heterocycles. The van der Waals surface area contributed by atoms with Crippen molar-refractivity contribution in [2.75, 3.05) is 6.61 Å². The minimum absolute atomic E-state index is 0.0694. The van der Waals surface area contributed by atoms with E-state index in [0.717, 1.165) is 18.5 Å². The van der Waals surface area contributed by atoms with Crippen LogP contribution in [0.25, 0.3) is 0 Å². The number of rotatable bonds is 5. The van der Waals surface area contributed by atoms with Crippen molar-refractivity contribution in [2.24, 2.45) is 0 Å². The SMILES string of the molecule is C[C@H](NC(=O)COC1CCCC1)c1ccccn1. The Balaban J connectivity index is 1.73. The van der Waals surface area contributed by atoms with E-state index in [2.05, 4.69) is 10.3 Å². The number of aromatic nitrogens is 1. The van der Waals surface area contributed by atoms with E-state index < -0.39 is 0 Å². The number of pyridine rings is 1. The molecule has 0 saturated heterocycles. The summed E-state index contributed by atoms with van der Waals surface area (Å²) in [5.41, 5.74) is 0.867. The van der Waals surface area contributed by atoms with E-state index in [1.807, 2.05) is 25.1 Å². The molecule has 4 nitrogen and oxygen atoms in total. The second-order valence-corrected chi connectivity index (χ2v) is 4.76. The molecule has 1 aliphatic rings. The average molecular weight is 248 g/mol. The molecule has 1 amide bonds. The second kappa shape index (κ2) is 6.50. The van der Waals surface area contributed by atoms with Gasteiger partial charge in [0.25, 0.3) is 0 Å². The van der Waals surface area contributed by atoms with Crippen LogP contribution >= 0.6 is 0 Å². The van der Waals surface area contributed by atoms with E-state index in [9.17, 15) is 4.79 Å². The molecule has 1 fully saturated rings. The van der Waals surface area contributed by atoms with Gasteiger partial charge in [0.2, 0.25) is 5.91 Å². The fourth-order valence-electron chi connectivity index (χ4n) is 2.24. The Kier molecular flexibility index (Phi) is 4.70. The lowest BCUT2D eigenvalue weighted by Crippen LogP contribution is -2.31. The first-order valence-corrected chi connectivity index (χ1v) is 6.57. The molecule has 0 aromatic carbocycles. The fraction of sp³-hybridized carbons (Fsp3) is 0.571. The van der Waals surface area contributed by atoms with Crippen LogP contribution < -0.4 is 5.32 Å². The Morgan fingerprint density at radius 1 is 1.50 bits per heavy atom. The first kappa shape index (κ1) is 13.0. The van der Waals surface area contributed by atoms with Crippen LogP contribution in [-0.2, 0) is 9.53 Å². The number of hydrogen-bond donors (Lipinski definition) is 1. The van der Waals surface area contributed by atoms with Crippen molar-refractivity contribution in [3.05, 3.63) is 30.1 Å². The van der Waals surface area contributed by atoms with Gasteiger partial charge < -0.3 is 10.1 Å². The molecule has 1 aromatic rings. The van der Waals surface area contributed by atoms with E-state index in [1.165, 1.54) is 12.8 Å². The summed E-state index contributed by atoms with van der Waals surface area (Å²) >= 11 is 0. The van der Waals surface area contributed by atoms with Crippen molar-refractivity contribution in [3.63, 3.8) is 0 Å². The Bertz CT molecular complexity index is 375. The summed E-state index contributed by atoms with van der Waals surface area (Å²) in [6.07, 6.45) is 6.62. The lowest BCUT2D eigenvalue weighted by atomic mass is 10.2. The summed E-state index contributed by atoms with van der Waals surface area (Å²) < 4.78 is 5.57.